The molecule has 1 unspecified atom stereocenters. The predicted molar refractivity (Wildman–Crippen MR) is 62.5 cm³/mol. The van der Waals surface area contributed by atoms with Crippen LogP contribution in [-0.4, -0.2) is 12.6 Å². The molecule has 1 atom stereocenters. The van der Waals surface area contributed by atoms with E-state index in [-0.39, 0.29) is 0 Å². The van der Waals surface area contributed by atoms with E-state index in [0.717, 1.165) is 18.2 Å². The van der Waals surface area contributed by atoms with Gasteiger partial charge in [0.05, 0.1) is 6.26 Å². The molecule has 1 N–H and O–H groups in total. The van der Waals surface area contributed by atoms with Gasteiger partial charge in [-0.3, -0.25) is 0 Å². The number of hydrogen-bond donors (Lipinski definition) is 1. The zero-order valence-corrected chi connectivity index (χ0v) is 9.28. The molecule has 15 heavy (non-hydrogen) atoms. The van der Waals surface area contributed by atoms with E-state index in [4.69, 9.17) is 4.42 Å². The highest BCUT2D eigenvalue weighted by molar-refractivity contribution is 5.42. The highest BCUT2D eigenvalue weighted by Crippen LogP contribution is 2.29. The van der Waals surface area contributed by atoms with Gasteiger partial charge in [-0.15, -0.1) is 0 Å². The van der Waals surface area contributed by atoms with Crippen LogP contribution in [0, 0.1) is 5.92 Å². The molecule has 0 saturated heterocycles. The molecule has 1 aliphatic carbocycles. The van der Waals surface area contributed by atoms with Crippen molar-refractivity contribution in [2.45, 2.75) is 32.2 Å². The number of hydrogen-bond acceptors (Lipinski definition) is 2. The summed E-state index contributed by atoms with van der Waals surface area (Å²) in [5.41, 5.74) is 0. The average molecular weight is 205 g/mol. The highest BCUT2D eigenvalue weighted by Gasteiger charge is 2.22. The van der Waals surface area contributed by atoms with Crippen molar-refractivity contribution in [3.63, 3.8) is 0 Å². The lowest BCUT2D eigenvalue weighted by Gasteiger charge is -2.31. The van der Waals surface area contributed by atoms with Crippen molar-refractivity contribution in [1.29, 1.82) is 0 Å². The quantitative estimate of drug-likeness (QED) is 0.799. The Hall–Kier alpha value is -1.02. The summed E-state index contributed by atoms with van der Waals surface area (Å²) in [7, 11) is 0. The third-order valence-electron chi connectivity index (χ3n) is 3.24. The van der Waals surface area contributed by atoms with E-state index in [1.54, 1.807) is 6.26 Å². The smallest absolute Gasteiger partial charge is 0.126 e. The Kier molecular flexibility index (Phi) is 3.62. The minimum Gasteiger partial charge on any atom is -0.465 e. The molecule has 2 rings (SSSR count). The van der Waals surface area contributed by atoms with Crippen molar-refractivity contribution >= 4 is 6.08 Å². The summed E-state index contributed by atoms with van der Waals surface area (Å²) in [4.78, 5) is 0. The van der Waals surface area contributed by atoms with E-state index in [1.165, 1.54) is 19.3 Å². The Morgan fingerprint density at radius 1 is 1.60 bits per heavy atom. The Morgan fingerprint density at radius 3 is 3.07 bits per heavy atom. The maximum Gasteiger partial charge on any atom is 0.126 e. The van der Waals surface area contributed by atoms with Gasteiger partial charge in [-0.2, -0.15) is 0 Å². The first kappa shape index (κ1) is 10.5. The molecule has 2 nitrogen and oxygen atoms in total. The minimum atomic E-state index is 0.653. The van der Waals surface area contributed by atoms with E-state index >= 15 is 0 Å². The Balaban J connectivity index is 1.65. The Labute approximate surface area is 91.4 Å². The summed E-state index contributed by atoms with van der Waals surface area (Å²) in [6.07, 6.45) is 10.0. The fourth-order valence-electron chi connectivity index (χ4n) is 1.92. The number of furan rings is 1. The van der Waals surface area contributed by atoms with Crippen LogP contribution in [-0.2, 0) is 0 Å². The lowest BCUT2D eigenvalue weighted by atomic mass is 9.80. The lowest BCUT2D eigenvalue weighted by molar-refractivity contribution is 0.245. The van der Waals surface area contributed by atoms with Crippen LogP contribution in [0.15, 0.2) is 28.9 Å². The van der Waals surface area contributed by atoms with Gasteiger partial charge in [0, 0.05) is 12.6 Å². The molecule has 0 aliphatic heterocycles. The zero-order valence-electron chi connectivity index (χ0n) is 9.28. The summed E-state index contributed by atoms with van der Waals surface area (Å²) in [6.45, 7) is 3.21. The van der Waals surface area contributed by atoms with Crippen molar-refractivity contribution in [3.05, 3.63) is 30.2 Å². The summed E-state index contributed by atoms with van der Waals surface area (Å²) in [5.74, 6) is 1.83. The molecule has 0 radical (unpaired) electrons. The highest BCUT2D eigenvalue weighted by atomic mass is 16.3. The molecular formula is C13H19NO. The fraction of sp³-hybridized carbons (Fsp3) is 0.538. The first-order valence-corrected chi connectivity index (χ1v) is 5.79. The van der Waals surface area contributed by atoms with Crippen molar-refractivity contribution in [2.24, 2.45) is 5.92 Å². The lowest BCUT2D eigenvalue weighted by Crippen LogP contribution is -2.36. The van der Waals surface area contributed by atoms with Crippen LogP contribution in [0.5, 0.6) is 0 Å². The van der Waals surface area contributed by atoms with Crippen LogP contribution >= 0.6 is 0 Å². The van der Waals surface area contributed by atoms with Gasteiger partial charge >= 0.3 is 0 Å². The molecule has 0 amide bonds. The second kappa shape index (κ2) is 5.17. The van der Waals surface area contributed by atoms with E-state index < -0.39 is 0 Å². The zero-order chi connectivity index (χ0) is 10.5. The van der Waals surface area contributed by atoms with Crippen molar-refractivity contribution < 1.29 is 4.42 Å². The number of rotatable bonds is 5. The minimum absolute atomic E-state index is 0.653. The molecule has 1 fully saturated rings. The second-order valence-electron chi connectivity index (χ2n) is 4.31. The largest absolute Gasteiger partial charge is 0.465 e. The van der Waals surface area contributed by atoms with E-state index in [0.29, 0.717) is 6.04 Å². The Bertz CT molecular complexity index is 298. The van der Waals surface area contributed by atoms with Gasteiger partial charge < -0.3 is 9.73 Å². The van der Waals surface area contributed by atoms with Crippen molar-refractivity contribution in [1.82, 2.24) is 5.32 Å². The van der Waals surface area contributed by atoms with Crippen molar-refractivity contribution in [2.75, 3.05) is 6.54 Å². The summed E-state index contributed by atoms with van der Waals surface area (Å²) >= 11 is 0. The molecule has 1 aromatic rings. The van der Waals surface area contributed by atoms with Gasteiger partial charge in [0.2, 0.25) is 0 Å². The van der Waals surface area contributed by atoms with Gasteiger partial charge in [-0.25, -0.2) is 0 Å². The van der Waals surface area contributed by atoms with Crippen LogP contribution in [0.4, 0.5) is 0 Å². The van der Waals surface area contributed by atoms with Crippen LogP contribution in [0.1, 0.15) is 31.9 Å². The van der Waals surface area contributed by atoms with E-state index in [1.807, 2.05) is 18.2 Å². The third kappa shape index (κ3) is 2.96. The molecule has 82 valence electrons. The average Bonchev–Trinajstić information content (AvgIpc) is 2.62. The topological polar surface area (TPSA) is 25.2 Å². The van der Waals surface area contributed by atoms with Crippen LogP contribution in [0.25, 0.3) is 6.08 Å². The molecule has 2 heteroatoms. The van der Waals surface area contributed by atoms with Crippen LogP contribution in [0.3, 0.4) is 0 Å². The first-order valence-electron chi connectivity index (χ1n) is 5.79. The monoisotopic (exact) mass is 205 g/mol. The molecule has 1 aliphatic rings. The predicted octanol–water partition coefficient (Wildman–Crippen LogP) is 3.07. The van der Waals surface area contributed by atoms with Crippen LogP contribution < -0.4 is 5.32 Å². The second-order valence-corrected chi connectivity index (χ2v) is 4.31. The van der Waals surface area contributed by atoms with Crippen LogP contribution in [0.2, 0.25) is 0 Å². The molecule has 0 aromatic carbocycles. The maximum atomic E-state index is 5.21. The van der Waals surface area contributed by atoms with Gasteiger partial charge in [0.25, 0.3) is 0 Å². The first-order chi connectivity index (χ1) is 7.36. The standard InChI is InChI=1S/C13H19NO/c1-11(12-5-2-6-12)14-9-3-7-13-8-4-10-15-13/h3-4,7-8,10-12,14H,2,5-6,9H2,1H3/b7-3+. The number of nitrogens with one attached hydrogen (secondary N) is 1. The van der Waals surface area contributed by atoms with Gasteiger partial charge in [-0.1, -0.05) is 12.5 Å². The molecule has 1 aromatic heterocycles. The SMILES string of the molecule is CC(NC/C=C/c1ccco1)C1CCC1. The molecule has 1 saturated carbocycles. The summed E-state index contributed by atoms with van der Waals surface area (Å²) in [6, 6.07) is 4.52. The molecular weight excluding hydrogens is 186 g/mol. The molecule has 0 spiro atoms. The fourth-order valence-corrected chi connectivity index (χ4v) is 1.92. The summed E-state index contributed by atoms with van der Waals surface area (Å²) < 4.78 is 5.21. The maximum absolute atomic E-state index is 5.21. The third-order valence-corrected chi connectivity index (χ3v) is 3.24. The van der Waals surface area contributed by atoms with E-state index in [2.05, 4.69) is 18.3 Å². The summed E-state index contributed by atoms with van der Waals surface area (Å²) in [5, 5.41) is 3.52. The molecule has 1 heterocycles. The van der Waals surface area contributed by atoms with Gasteiger partial charge in [-0.05, 0) is 43.9 Å². The molecule has 0 bridgehead atoms. The van der Waals surface area contributed by atoms with Gasteiger partial charge in [0.15, 0.2) is 0 Å². The normalized spacial score (nSPS) is 19.3. The van der Waals surface area contributed by atoms with E-state index in [9.17, 15) is 0 Å². The van der Waals surface area contributed by atoms with Gasteiger partial charge in [0.1, 0.15) is 5.76 Å². The van der Waals surface area contributed by atoms with Crippen molar-refractivity contribution in [3.8, 4) is 0 Å². The Morgan fingerprint density at radius 2 is 2.47 bits per heavy atom.